The van der Waals surface area contributed by atoms with E-state index >= 15 is 0 Å². The molecule has 0 aliphatic heterocycles. The topological polar surface area (TPSA) is 79.8 Å². The van der Waals surface area contributed by atoms with Crippen molar-refractivity contribution < 1.29 is 19.4 Å². The van der Waals surface area contributed by atoms with Crippen molar-refractivity contribution in [2.75, 3.05) is 46.6 Å². The minimum absolute atomic E-state index is 0.322. The van der Waals surface area contributed by atoms with Crippen molar-refractivity contribution in [1.29, 1.82) is 0 Å². The zero-order valence-electron chi connectivity index (χ0n) is 9.57. The van der Waals surface area contributed by atoms with E-state index in [9.17, 15) is 4.79 Å². The number of methoxy groups -OCH3 is 1. The normalized spacial score (nSPS) is 10.8. The second-order valence-electron chi connectivity index (χ2n) is 2.98. The lowest BCUT2D eigenvalue weighted by molar-refractivity contribution is 0.134. The first kappa shape index (κ1) is 14.9. The zero-order chi connectivity index (χ0) is 12.1. The summed E-state index contributed by atoms with van der Waals surface area (Å²) in [7, 11) is 1.65. The molecule has 16 heavy (non-hydrogen) atoms. The highest BCUT2D eigenvalue weighted by Gasteiger charge is 1.92. The maximum atomic E-state index is 10.1. The van der Waals surface area contributed by atoms with E-state index in [0.29, 0.717) is 26.4 Å². The second kappa shape index (κ2) is 12.0. The Morgan fingerprint density at radius 2 is 2.06 bits per heavy atom. The van der Waals surface area contributed by atoms with Gasteiger partial charge in [0.2, 0.25) is 0 Å². The van der Waals surface area contributed by atoms with Crippen molar-refractivity contribution in [1.82, 2.24) is 10.6 Å². The molecular formula is C10H20N2O4. The van der Waals surface area contributed by atoms with Crippen LogP contribution in [-0.4, -0.2) is 57.8 Å². The smallest absolute Gasteiger partial charge is 0.404 e. The van der Waals surface area contributed by atoms with Crippen LogP contribution in [0.2, 0.25) is 0 Å². The van der Waals surface area contributed by atoms with Crippen molar-refractivity contribution in [3.63, 3.8) is 0 Å². The molecule has 0 aromatic rings. The highest BCUT2D eigenvalue weighted by Crippen LogP contribution is 1.75. The first-order valence-electron chi connectivity index (χ1n) is 5.16. The minimum Gasteiger partial charge on any atom is -0.465 e. The number of nitrogens with one attached hydrogen (secondary N) is 2. The van der Waals surface area contributed by atoms with Crippen molar-refractivity contribution >= 4 is 6.09 Å². The van der Waals surface area contributed by atoms with Gasteiger partial charge in [-0.1, -0.05) is 12.2 Å². The maximum absolute atomic E-state index is 10.1. The molecular weight excluding hydrogens is 212 g/mol. The summed E-state index contributed by atoms with van der Waals surface area (Å²) in [5.41, 5.74) is 0. The fourth-order valence-electron chi connectivity index (χ4n) is 0.910. The summed E-state index contributed by atoms with van der Waals surface area (Å²) in [5, 5.41) is 13.6. The summed E-state index contributed by atoms with van der Waals surface area (Å²) >= 11 is 0. The lowest BCUT2D eigenvalue weighted by Gasteiger charge is -2.04. The van der Waals surface area contributed by atoms with E-state index in [1.807, 2.05) is 12.2 Å². The van der Waals surface area contributed by atoms with Crippen LogP contribution in [0.4, 0.5) is 4.79 Å². The van der Waals surface area contributed by atoms with E-state index in [-0.39, 0.29) is 0 Å². The van der Waals surface area contributed by atoms with E-state index < -0.39 is 6.09 Å². The summed E-state index contributed by atoms with van der Waals surface area (Å²) < 4.78 is 10.0. The van der Waals surface area contributed by atoms with Gasteiger partial charge in [0.1, 0.15) is 0 Å². The van der Waals surface area contributed by atoms with Gasteiger partial charge in [-0.05, 0) is 0 Å². The average molecular weight is 232 g/mol. The summed E-state index contributed by atoms with van der Waals surface area (Å²) in [6.45, 7) is 3.43. The molecule has 0 heterocycles. The van der Waals surface area contributed by atoms with E-state index in [1.165, 1.54) is 0 Å². The number of hydrogen-bond donors (Lipinski definition) is 3. The molecule has 0 aliphatic rings. The molecule has 0 bridgehead atoms. The molecule has 1 amide bonds. The molecule has 0 fully saturated rings. The van der Waals surface area contributed by atoms with E-state index in [4.69, 9.17) is 14.6 Å². The first-order chi connectivity index (χ1) is 7.77. The molecule has 0 aliphatic carbocycles. The largest absolute Gasteiger partial charge is 0.465 e. The monoisotopic (exact) mass is 232 g/mol. The van der Waals surface area contributed by atoms with Gasteiger partial charge in [-0.15, -0.1) is 0 Å². The lowest BCUT2D eigenvalue weighted by Crippen LogP contribution is -2.27. The third-order valence-electron chi connectivity index (χ3n) is 1.64. The molecule has 6 nitrogen and oxygen atoms in total. The highest BCUT2D eigenvalue weighted by molar-refractivity contribution is 5.64. The molecule has 0 spiro atoms. The molecule has 0 radical (unpaired) electrons. The lowest BCUT2D eigenvalue weighted by atomic mass is 10.5. The standard InChI is InChI=1S/C10H20N2O4/c1-15-7-3-2-4-11-5-8-16-9-6-12-10(13)14/h2-3,11-12H,4-9H2,1H3,(H,13,14). The SMILES string of the molecule is COCC=CCNCCOCCNC(=O)O. The van der Waals surface area contributed by atoms with Gasteiger partial charge in [0, 0.05) is 26.7 Å². The molecule has 0 aromatic carbocycles. The number of hydrogen-bond acceptors (Lipinski definition) is 4. The Labute approximate surface area is 95.6 Å². The number of rotatable bonds is 10. The van der Waals surface area contributed by atoms with Crippen molar-refractivity contribution in [2.45, 2.75) is 0 Å². The van der Waals surface area contributed by atoms with Crippen LogP contribution in [0.25, 0.3) is 0 Å². The van der Waals surface area contributed by atoms with Gasteiger partial charge < -0.3 is 25.2 Å². The maximum Gasteiger partial charge on any atom is 0.404 e. The van der Waals surface area contributed by atoms with Gasteiger partial charge in [0.05, 0.1) is 19.8 Å². The molecule has 3 N–H and O–H groups in total. The Bertz CT molecular complexity index is 197. The van der Waals surface area contributed by atoms with Crippen LogP contribution >= 0.6 is 0 Å². The van der Waals surface area contributed by atoms with Gasteiger partial charge in [-0.2, -0.15) is 0 Å². The van der Waals surface area contributed by atoms with E-state index in [1.54, 1.807) is 7.11 Å². The fraction of sp³-hybridized carbons (Fsp3) is 0.700. The Kier molecular flexibility index (Phi) is 11.1. The van der Waals surface area contributed by atoms with Gasteiger partial charge in [-0.25, -0.2) is 4.79 Å². The fourth-order valence-corrected chi connectivity index (χ4v) is 0.910. The predicted octanol–water partition coefficient (Wildman–Crippen LogP) is 0.0628. The molecule has 0 saturated heterocycles. The van der Waals surface area contributed by atoms with Crippen LogP contribution < -0.4 is 10.6 Å². The Morgan fingerprint density at radius 1 is 1.31 bits per heavy atom. The second-order valence-corrected chi connectivity index (χ2v) is 2.98. The molecule has 0 atom stereocenters. The third-order valence-corrected chi connectivity index (χ3v) is 1.64. The average Bonchev–Trinajstić information content (AvgIpc) is 2.25. The summed E-state index contributed by atoms with van der Waals surface area (Å²) in [5.74, 6) is 0. The Hall–Kier alpha value is -1.11. The van der Waals surface area contributed by atoms with E-state index in [2.05, 4.69) is 10.6 Å². The summed E-state index contributed by atoms with van der Waals surface area (Å²) in [4.78, 5) is 10.1. The first-order valence-corrected chi connectivity index (χ1v) is 5.16. The van der Waals surface area contributed by atoms with Crippen LogP contribution in [0.1, 0.15) is 0 Å². The molecule has 94 valence electrons. The molecule has 0 unspecified atom stereocenters. The molecule has 0 rings (SSSR count). The Balaban J connectivity index is 3.01. The quantitative estimate of drug-likeness (QED) is 0.367. The van der Waals surface area contributed by atoms with Crippen molar-refractivity contribution in [2.24, 2.45) is 0 Å². The Morgan fingerprint density at radius 3 is 2.75 bits per heavy atom. The number of amides is 1. The van der Waals surface area contributed by atoms with Crippen LogP contribution in [0.5, 0.6) is 0 Å². The van der Waals surface area contributed by atoms with Gasteiger partial charge in [0.15, 0.2) is 0 Å². The summed E-state index contributed by atoms with van der Waals surface area (Å²) in [6, 6.07) is 0. The van der Waals surface area contributed by atoms with Crippen LogP contribution in [0.3, 0.4) is 0 Å². The van der Waals surface area contributed by atoms with Crippen molar-refractivity contribution in [3.05, 3.63) is 12.2 Å². The summed E-state index contributed by atoms with van der Waals surface area (Å²) in [6.07, 6.45) is 2.89. The molecule has 0 saturated carbocycles. The molecule has 6 heteroatoms. The van der Waals surface area contributed by atoms with Crippen LogP contribution in [-0.2, 0) is 9.47 Å². The van der Waals surface area contributed by atoms with Gasteiger partial charge in [0.25, 0.3) is 0 Å². The van der Waals surface area contributed by atoms with Crippen LogP contribution in [0, 0.1) is 0 Å². The van der Waals surface area contributed by atoms with E-state index in [0.717, 1.165) is 13.1 Å². The number of carboxylic acid groups (broad SMARTS) is 1. The number of carbonyl (C=O) groups is 1. The molecule has 0 aromatic heterocycles. The zero-order valence-corrected chi connectivity index (χ0v) is 9.57. The van der Waals surface area contributed by atoms with Crippen molar-refractivity contribution in [3.8, 4) is 0 Å². The number of ether oxygens (including phenoxy) is 2. The third kappa shape index (κ3) is 12.9. The van der Waals surface area contributed by atoms with Gasteiger partial charge in [-0.3, -0.25) is 0 Å². The highest BCUT2D eigenvalue weighted by atomic mass is 16.5. The van der Waals surface area contributed by atoms with Crippen LogP contribution in [0.15, 0.2) is 12.2 Å². The predicted molar refractivity (Wildman–Crippen MR) is 60.7 cm³/mol. The minimum atomic E-state index is -1.02. The van der Waals surface area contributed by atoms with Gasteiger partial charge >= 0.3 is 6.09 Å².